The van der Waals surface area contributed by atoms with Gasteiger partial charge < -0.3 is 25.0 Å². The van der Waals surface area contributed by atoms with Crippen LogP contribution in [-0.4, -0.2) is 62.3 Å². The maximum atomic E-state index is 13.1. The molecule has 0 spiro atoms. The molecular formula is C22H29FN4O2. The maximum Gasteiger partial charge on any atom is 0.194 e. The monoisotopic (exact) mass is 400 g/mol. The summed E-state index contributed by atoms with van der Waals surface area (Å²) in [6.07, 6.45) is 0.765. The minimum absolute atomic E-state index is 0.145. The van der Waals surface area contributed by atoms with E-state index in [2.05, 4.69) is 22.0 Å². The van der Waals surface area contributed by atoms with E-state index in [1.807, 2.05) is 24.3 Å². The van der Waals surface area contributed by atoms with Crippen molar-refractivity contribution in [2.75, 3.05) is 51.3 Å². The van der Waals surface area contributed by atoms with E-state index in [0.717, 1.165) is 56.4 Å². The van der Waals surface area contributed by atoms with Gasteiger partial charge in [0.1, 0.15) is 5.82 Å². The number of nitrogens with zero attached hydrogens (tertiary/aromatic N) is 3. The molecule has 0 radical (unpaired) electrons. The van der Waals surface area contributed by atoms with Crippen LogP contribution in [-0.2, 0) is 6.42 Å². The molecule has 0 aromatic heterocycles. The summed E-state index contributed by atoms with van der Waals surface area (Å²) >= 11 is 0. The number of phenols is 1. The van der Waals surface area contributed by atoms with E-state index < -0.39 is 0 Å². The Labute approximate surface area is 171 Å². The number of benzene rings is 2. The topological polar surface area (TPSA) is 60.3 Å². The molecule has 1 heterocycles. The van der Waals surface area contributed by atoms with Gasteiger partial charge in [0, 0.05) is 45.0 Å². The zero-order valence-corrected chi connectivity index (χ0v) is 17.1. The molecular weight excluding hydrogens is 371 g/mol. The van der Waals surface area contributed by atoms with E-state index >= 15 is 0 Å². The summed E-state index contributed by atoms with van der Waals surface area (Å²) in [5.41, 5.74) is 2.12. The number of piperazine rings is 1. The summed E-state index contributed by atoms with van der Waals surface area (Å²) in [6.45, 7) is 6.97. The number of rotatable bonds is 6. The van der Waals surface area contributed by atoms with Gasteiger partial charge in [0.2, 0.25) is 0 Å². The third-order valence-corrected chi connectivity index (χ3v) is 5.01. The molecule has 2 aromatic carbocycles. The van der Waals surface area contributed by atoms with Gasteiger partial charge in [-0.25, -0.2) is 4.39 Å². The normalized spacial score (nSPS) is 14.8. The number of ether oxygens (including phenoxy) is 1. The van der Waals surface area contributed by atoms with Crippen molar-refractivity contribution in [2.24, 2.45) is 4.99 Å². The summed E-state index contributed by atoms with van der Waals surface area (Å²) in [6, 6.07) is 12.1. The first-order valence-electron chi connectivity index (χ1n) is 10.0. The van der Waals surface area contributed by atoms with Gasteiger partial charge in [-0.05, 0) is 55.3 Å². The first kappa shape index (κ1) is 20.8. The van der Waals surface area contributed by atoms with Gasteiger partial charge >= 0.3 is 0 Å². The van der Waals surface area contributed by atoms with E-state index in [-0.39, 0.29) is 11.6 Å². The highest BCUT2D eigenvalue weighted by Crippen LogP contribution is 2.26. The molecule has 6 nitrogen and oxygen atoms in total. The quantitative estimate of drug-likeness (QED) is 0.577. The second-order valence-electron chi connectivity index (χ2n) is 6.94. The van der Waals surface area contributed by atoms with Crippen molar-refractivity contribution in [3.05, 3.63) is 53.8 Å². The molecule has 0 atom stereocenters. The van der Waals surface area contributed by atoms with Gasteiger partial charge in [-0.2, -0.15) is 0 Å². The van der Waals surface area contributed by atoms with Crippen LogP contribution in [0.15, 0.2) is 47.5 Å². The van der Waals surface area contributed by atoms with Gasteiger partial charge in [-0.3, -0.25) is 4.99 Å². The summed E-state index contributed by atoms with van der Waals surface area (Å²) in [4.78, 5) is 9.31. The Kier molecular flexibility index (Phi) is 7.16. The number of anilines is 1. The van der Waals surface area contributed by atoms with Gasteiger partial charge in [0.25, 0.3) is 0 Å². The highest BCUT2D eigenvalue weighted by atomic mass is 19.1. The molecule has 29 heavy (non-hydrogen) atoms. The van der Waals surface area contributed by atoms with Crippen LogP contribution in [0.25, 0.3) is 0 Å². The number of aromatic hydroxyl groups is 1. The van der Waals surface area contributed by atoms with E-state index in [0.29, 0.717) is 12.3 Å². The summed E-state index contributed by atoms with van der Waals surface area (Å²) in [7, 11) is 1.55. The minimum Gasteiger partial charge on any atom is -0.504 e. The molecule has 0 saturated carbocycles. The van der Waals surface area contributed by atoms with Crippen LogP contribution in [0, 0.1) is 5.82 Å². The van der Waals surface area contributed by atoms with Gasteiger partial charge in [-0.15, -0.1) is 0 Å². The Bertz CT molecular complexity index is 818. The summed E-state index contributed by atoms with van der Waals surface area (Å²) < 4.78 is 18.3. The summed E-state index contributed by atoms with van der Waals surface area (Å²) in [5.74, 6) is 1.33. The maximum absolute atomic E-state index is 13.1. The van der Waals surface area contributed by atoms with Crippen molar-refractivity contribution in [3.63, 3.8) is 0 Å². The largest absolute Gasteiger partial charge is 0.504 e. The van der Waals surface area contributed by atoms with Crippen molar-refractivity contribution in [2.45, 2.75) is 13.3 Å². The number of aliphatic imine (C=N–C) groups is 1. The van der Waals surface area contributed by atoms with Crippen LogP contribution in [0.5, 0.6) is 11.5 Å². The molecule has 2 N–H and O–H groups in total. The molecule has 156 valence electrons. The van der Waals surface area contributed by atoms with Crippen molar-refractivity contribution in [1.29, 1.82) is 0 Å². The number of hydrogen-bond donors (Lipinski definition) is 2. The van der Waals surface area contributed by atoms with E-state index in [9.17, 15) is 9.50 Å². The SMILES string of the molecule is CCNC(=NCCc1ccc(O)c(OC)c1)N1CCN(c2ccc(F)cc2)CC1. The summed E-state index contributed by atoms with van der Waals surface area (Å²) in [5, 5.41) is 13.1. The number of nitrogens with one attached hydrogen (secondary N) is 1. The fourth-order valence-electron chi connectivity index (χ4n) is 3.42. The first-order valence-corrected chi connectivity index (χ1v) is 10.0. The van der Waals surface area contributed by atoms with Crippen LogP contribution in [0.4, 0.5) is 10.1 Å². The van der Waals surface area contributed by atoms with Gasteiger partial charge in [-0.1, -0.05) is 6.07 Å². The number of halogens is 1. The molecule has 0 unspecified atom stereocenters. The van der Waals surface area contributed by atoms with Crippen molar-refractivity contribution in [3.8, 4) is 11.5 Å². The zero-order valence-electron chi connectivity index (χ0n) is 17.1. The first-order chi connectivity index (χ1) is 14.1. The lowest BCUT2D eigenvalue weighted by atomic mass is 10.1. The molecule has 1 fully saturated rings. The Balaban J connectivity index is 1.57. The average Bonchev–Trinajstić information content (AvgIpc) is 2.75. The predicted octanol–water partition coefficient (Wildman–Crippen LogP) is 2.87. The van der Waals surface area contributed by atoms with Crippen molar-refractivity contribution in [1.82, 2.24) is 10.2 Å². The third-order valence-electron chi connectivity index (χ3n) is 5.01. The van der Waals surface area contributed by atoms with Crippen molar-refractivity contribution >= 4 is 11.6 Å². The second kappa shape index (κ2) is 10.0. The average molecular weight is 400 g/mol. The van der Waals surface area contributed by atoms with Crippen LogP contribution in [0.2, 0.25) is 0 Å². The number of phenolic OH excluding ortho intramolecular Hbond substituents is 1. The minimum atomic E-state index is -0.208. The zero-order chi connectivity index (χ0) is 20.6. The highest BCUT2D eigenvalue weighted by molar-refractivity contribution is 5.80. The van der Waals surface area contributed by atoms with Crippen LogP contribution >= 0.6 is 0 Å². The standard InChI is InChI=1S/C22H29FN4O2/c1-3-24-22(25-11-10-17-4-9-20(28)21(16-17)29-2)27-14-12-26(13-15-27)19-7-5-18(23)6-8-19/h4-9,16,28H,3,10-15H2,1-2H3,(H,24,25). The molecule has 1 aliphatic heterocycles. The van der Waals surface area contributed by atoms with E-state index in [4.69, 9.17) is 9.73 Å². The number of guanidine groups is 1. The van der Waals surface area contributed by atoms with E-state index in [1.165, 1.54) is 12.1 Å². The Morgan fingerprint density at radius 2 is 1.86 bits per heavy atom. The predicted molar refractivity (Wildman–Crippen MR) is 115 cm³/mol. The Hall–Kier alpha value is -2.96. The number of methoxy groups -OCH3 is 1. The fraction of sp³-hybridized carbons (Fsp3) is 0.409. The fourth-order valence-corrected chi connectivity index (χ4v) is 3.42. The molecule has 7 heteroatoms. The molecule has 1 aliphatic rings. The lowest BCUT2D eigenvalue weighted by molar-refractivity contribution is 0.372. The lowest BCUT2D eigenvalue weighted by Crippen LogP contribution is -2.52. The van der Waals surface area contributed by atoms with E-state index in [1.54, 1.807) is 13.2 Å². The molecule has 1 saturated heterocycles. The second-order valence-corrected chi connectivity index (χ2v) is 6.94. The Morgan fingerprint density at radius 1 is 1.14 bits per heavy atom. The van der Waals surface area contributed by atoms with Crippen LogP contribution in [0.1, 0.15) is 12.5 Å². The molecule has 0 aliphatic carbocycles. The van der Waals surface area contributed by atoms with Crippen LogP contribution < -0.4 is 15.0 Å². The van der Waals surface area contributed by atoms with Crippen molar-refractivity contribution < 1.29 is 14.2 Å². The third kappa shape index (κ3) is 5.53. The molecule has 0 amide bonds. The molecule has 2 aromatic rings. The lowest BCUT2D eigenvalue weighted by Gasteiger charge is -2.37. The molecule has 0 bridgehead atoms. The van der Waals surface area contributed by atoms with Crippen LogP contribution in [0.3, 0.4) is 0 Å². The molecule has 3 rings (SSSR count). The number of hydrogen-bond acceptors (Lipinski definition) is 4. The highest BCUT2D eigenvalue weighted by Gasteiger charge is 2.19. The van der Waals surface area contributed by atoms with Gasteiger partial charge in [0.05, 0.1) is 7.11 Å². The Morgan fingerprint density at radius 3 is 2.52 bits per heavy atom. The smallest absolute Gasteiger partial charge is 0.194 e. The van der Waals surface area contributed by atoms with Gasteiger partial charge in [0.15, 0.2) is 17.5 Å².